The summed E-state index contributed by atoms with van der Waals surface area (Å²) < 4.78 is 5.46. The molecule has 0 aliphatic carbocycles. The summed E-state index contributed by atoms with van der Waals surface area (Å²) in [5.74, 6) is 0. The van der Waals surface area contributed by atoms with Crippen molar-refractivity contribution in [2.24, 2.45) is 0 Å². The Morgan fingerprint density at radius 1 is 1.38 bits per heavy atom. The molecule has 50 valence electrons. The molecule has 0 atom stereocenters. The minimum Gasteiger partial charge on any atom is -0.448 e. The Morgan fingerprint density at radius 3 is 2.00 bits per heavy atom. The Bertz CT molecular complexity index is 56.0. The number of hydrogen-bond donors (Lipinski definition) is 0. The normalized spacial score (nSPS) is 12.0. The van der Waals surface area contributed by atoms with Gasteiger partial charge in [-0.15, -0.1) is 0 Å². The molecule has 0 amide bonds. The van der Waals surface area contributed by atoms with E-state index in [2.05, 4.69) is 19.6 Å². The van der Waals surface area contributed by atoms with Crippen LogP contribution in [-0.2, 0) is 4.43 Å². The fourth-order valence-corrected chi connectivity index (χ4v) is 1.00. The summed E-state index contributed by atoms with van der Waals surface area (Å²) in [5, 5.41) is 0. The SMILES string of the molecule is C[CH-]CO[Si](C)(C)C. The first kappa shape index (κ1) is 8.18. The van der Waals surface area contributed by atoms with Crippen molar-refractivity contribution in [2.45, 2.75) is 26.6 Å². The van der Waals surface area contributed by atoms with E-state index >= 15 is 0 Å². The molecule has 0 aromatic carbocycles. The molecule has 1 nitrogen and oxygen atoms in total. The first-order valence-electron chi connectivity index (χ1n) is 2.98. The smallest absolute Gasteiger partial charge is 0.179 e. The van der Waals surface area contributed by atoms with Gasteiger partial charge in [-0.2, -0.15) is 6.92 Å². The first-order chi connectivity index (χ1) is 3.56. The van der Waals surface area contributed by atoms with Crippen LogP contribution in [0.2, 0.25) is 19.6 Å². The maximum Gasteiger partial charge on any atom is 0.179 e. The molecule has 0 aliphatic rings. The molecule has 8 heavy (non-hydrogen) atoms. The highest BCUT2D eigenvalue weighted by Gasteiger charge is 2.10. The molecular weight excluding hydrogens is 116 g/mol. The average Bonchev–Trinajstić information content (AvgIpc) is 1.59. The topological polar surface area (TPSA) is 9.23 Å². The second-order valence-corrected chi connectivity index (χ2v) is 7.35. The third kappa shape index (κ3) is 6.18. The van der Waals surface area contributed by atoms with Gasteiger partial charge in [0.15, 0.2) is 8.32 Å². The van der Waals surface area contributed by atoms with Crippen LogP contribution in [0.15, 0.2) is 0 Å². The molecule has 0 aliphatic heterocycles. The van der Waals surface area contributed by atoms with E-state index in [1.54, 1.807) is 0 Å². The Kier molecular flexibility index (Phi) is 3.32. The van der Waals surface area contributed by atoms with Crippen molar-refractivity contribution in [3.8, 4) is 0 Å². The zero-order valence-corrected chi connectivity index (χ0v) is 7.19. The van der Waals surface area contributed by atoms with Crippen molar-refractivity contribution in [3.05, 3.63) is 6.42 Å². The largest absolute Gasteiger partial charge is 0.448 e. The van der Waals surface area contributed by atoms with E-state index in [9.17, 15) is 0 Å². The monoisotopic (exact) mass is 131 g/mol. The Morgan fingerprint density at radius 2 is 1.88 bits per heavy atom. The summed E-state index contributed by atoms with van der Waals surface area (Å²) in [5.41, 5.74) is 0. The molecule has 0 rings (SSSR count). The van der Waals surface area contributed by atoms with Crippen LogP contribution in [0.25, 0.3) is 0 Å². The van der Waals surface area contributed by atoms with Gasteiger partial charge < -0.3 is 10.8 Å². The molecular formula is C6H15OSi-. The first-order valence-corrected chi connectivity index (χ1v) is 6.39. The number of rotatable bonds is 3. The number of hydrogen-bond acceptors (Lipinski definition) is 1. The lowest BCUT2D eigenvalue weighted by atomic mass is 10.5. The van der Waals surface area contributed by atoms with Crippen LogP contribution < -0.4 is 0 Å². The molecule has 0 unspecified atom stereocenters. The quantitative estimate of drug-likeness (QED) is 0.421. The lowest BCUT2D eigenvalue weighted by Crippen LogP contribution is -2.25. The van der Waals surface area contributed by atoms with Gasteiger partial charge in [0.2, 0.25) is 0 Å². The van der Waals surface area contributed by atoms with Crippen molar-refractivity contribution in [2.75, 3.05) is 6.61 Å². The Labute approximate surface area is 53.2 Å². The molecule has 0 N–H and O–H groups in total. The van der Waals surface area contributed by atoms with Gasteiger partial charge >= 0.3 is 0 Å². The second-order valence-electron chi connectivity index (χ2n) is 2.83. The predicted molar refractivity (Wildman–Crippen MR) is 39.3 cm³/mol. The fraction of sp³-hybridized carbons (Fsp3) is 0.833. The van der Waals surface area contributed by atoms with Crippen LogP contribution in [0.3, 0.4) is 0 Å². The maximum atomic E-state index is 5.46. The van der Waals surface area contributed by atoms with Gasteiger partial charge in [-0.3, -0.25) is 0 Å². The summed E-state index contributed by atoms with van der Waals surface area (Å²) in [7, 11) is -1.21. The highest BCUT2D eigenvalue weighted by Crippen LogP contribution is 2.01. The van der Waals surface area contributed by atoms with E-state index in [1.807, 2.05) is 13.3 Å². The van der Waals surface area contributed by atoms with E-state index in [-0.39, 0.29) is 0 Å². The summed E-state index contributed by atoms with van der Waals surface area (Å²) in [6.07, 6.45) is 2.04. The molecule has 0 spiro atoms. The fourth-order valence-electron chi connectivity index (χ4n) is 0.333. The maximum absolute atomic E-state index is 5.46. The average molecular weight is 131 g/mol. The molecule has 0 bridgehead atoms. The van der Waals surface area contributed by atoms with Crippen LogP contribution >= 0.6 is 0 Å². The van der Waals surface area contributed by atoms with Crippen LogP contribution in [0.1, 0.15) is 6.92 Å². The minimum atomic E-state index is -1.21. The summed E-state index contributed by atoms with van der Waals surface area (Å²) >= 11 is 0. The van der Waals surface area contributed by atoms with Crippen molar-refractivity contribution in [1.29, 1.82) is 0 Å². The molecule has 2 heteroatoms. The van der Waals surface area contributed by atoms with Crippen LogP contribution in [0.4, 0.5) is 0 Å². The molecule has 0 heterocycles. The van der Waals surface area contributed by atoms with Gasteiger partial charge in [0, 0.05) is 0 Å². The molecule has 0 fully saturated rings. The third-order valence-corrected chi connectivity index (χ3v) is 1.72. The van der Waals surface area contributed by atoms with Crippen molar-refractivity contribution in [1.82, 2.24) is 0 Å². The summed E-state index contributed by atoms with van der Waals surface area (Å²) in [6, 6.07) is 0. The van der Waals surface area contributed by atoms with Crippen LogP contribution in [0, 0.1) is 6.42 Å². The third-order valence-electron chi connectivity index (χ3n) is 0.683. The van der Waals surface area contributed by atoms with Crippen molar-refractivity contribution < 1.29 is 4.43 Å². The van der Waals surface area contributed by atoms with Crippen molar-refractivity contribution in [3.63, 3.8) is 0 Å². The van der Waals surface area contributed by atoms with Gasteiger partial charge in [0.25, 0.3) is 0 Å². The van der Waals surface area contributed by atoms with Gasteiger partial charge in [-0.1, -0.05) is 6.61 Å². The molecule has 0 aromatic rings. The molecule has 0 aromatic heterocycles. The van der Waals surface area contributed by atoms with E-state index in [4.69, 9.17) is 4.43 Å². The zero-order valence-electron chi connectivity index (χ0n) is 6.19. The van der Waals surface area contributed by atoms with Crippen LogP contribution in [-0.4, -0.2) is 14.9 Å². The van der Waals surface area contributed by atoms with E-state index in [0.29, 0.717) is 0 Å². The van der Waals surface area contributed by atoms with Gasteiger partial charge in [-0.05, 0) is 19.6 Å². The molecule has 0 saturated heterocycles. The van der Waals surface area contributed by atoms with Gasteiger partial charge in [0.05, 0.1) is 0 Å². The summed E-state index contributed by atoms with van der Waals surface area (Å²) in [6.45, 7) is 9.40. The Balaban J connectivity index is 3.11. The van der Waals surface area contributed by atoms with E-state index in [0.717, 1.165) is 6.61 Å². The second kappa shape index (κ2) is 3.25. The van der Waals surface area contributed by atoms with Gasteiger partial charge in [0.1, 0.15) is 0 Å². The van der Waals surface area contributed by atoms with Crippen molar-refractivity contribution >= 4 is 8.32 Å². The molecule has 0 radical (unpaired) electrons. The minimum absolute atomic E-state index is 0.815. The van der Waals surface area contributed by atoms with E-state index in [1.165, 1.54) is 0 Å². The standard InChI is InChI=1S/C6H15OSi/c1-5-6-7-8(2,3)4/h5H,6H2,1-4H3/q-1. The highest BCUT2D eigenvalue weighted by atomic mass is 28.4. The Hall–Kier alpha value is 0.177. The summed E-state index contributed by atoms with van der Waals surface area (Å²) in [4.78, 5) is 0. The zero-order chi connectivity index (χ0) is 6.62. The lowest BCUT2D eigenvalue weighted by Gasteiger charge is -2.19. The lowest BCUT2D eigenvalue weighted by molar-refractivity contribution is 0.344. The highest BCUT2D eigenvalue weighted by molar-refractivity contribution is 6.69. The van der Waals surface area contributed by atoms with Gasteiger partial charge in [-0.25, -0.2) is 0 Å². The van der Waals surface area contributed by atoms with Crippen LogP contribution in [0.5, 0.6) is 0 Å². The predicted octanol–water partition coefficient (Wildman–Crippen LogP) is 2.06. The van der Waals surface area contributed by atoms with E-state index < -0.39 is 8.32 Å². The molecule has 0 saturated carbocycles.